The van der Waals surface area contributed by atoms with Crippen molar-refractivity contribution in [2.75, 3.05) is 20.1 Å². The van der Waals surface area contributed by atoms with Crippen LogP contribution in [-0.4, -0.2) is 41.0 Å². The molecule has 2 aromatic rings. The molecule has 0 bridgehead atoms. The van der Waals surface area contributed by atoms with E-state index in [0.717, 1.165) is 36.0 Å². The van der Waals surface area contributed by atoms with Crippen molar-refractivity contribution in [1.82, 2.24) is 20.2 Å². The molecule has 19 heavy (non-hydrogen) atoms. The smallest absolute Gasteiger partial charge is 0.142 e. The standard InChI is InChI=1S/C13H16N4S.ClH/c1-17(11-6-14-7-11)8-10-9-18-13(16-10)12-4-2-3-5-15-12;/h2-5,9,11,14H,6-8H2,1H3;1H. The van der Waals surface area contributed by atoms with Crippen LogP contribution in [-0.2, 0) is 6.54 Å². The van der Waals surface area contributed by atoms with Crippen LogP contribution in [0.4, 0.5) is 0 Å². The van der Waals surface area contributed by atoms with Crippen LogP contribution >= 0.6 is 23.7 Å². The maximum absolute atomic E-state index is 4.66. The first-order valence-electron chi connectivity index (χ1n) is 6.09. The van der Waals surface area contributed by atoms with E-state index in [2.05, 4.69) is 32.6 Å². The van der Waals surface area contributed by atoms with Gasteiger partial charge in [-0.05, 0) is 19.2 Å². The van der Waals surface area contributed by atoms with Crippen molar-refractivity contribution in [2.45, 2.75) is 12.6 Å². The molecule has 0 amide bonds. The van der Waals surface area contributed by atoms with Gasteiger partial charge in [0, 0.05) is 37.3 Å². The number of rotatable bonds is 4. The van der Waals surface area contributed by atoms with Gasteiger partial charge in [-0.2, -0.15) is 0 Å². The van der Waals surface area contributed by atoms with Crippen LogP contribution in [0.1, 0.15) is 5.69 Å². The average Bonchev–Trinajstić information content (AvgIpc) is 2.76. The normalized spacial score (nSPS) is 15.1. The Balaban J connectivity index is 0.00000133. The molecule has 4 nitrogen and oxygen atoms in total. The molecular weight excluding hydrogens is 280 g/mol. The Labute approximate surface area is 123 Å². The quantitative estimate of drug-likeness (QED) is 0.937. The van der Waals surface area contributed by atoms with Crippen molar-refractivity contribution >= 4 is 23.7 Å². The Morgan fingerprint density at radius 1 is 1.42 bits per heavy atom. The average molecular weight is 297 g/mol. The van der Waals surface area contributed by atoms with Crippen LogP contribution in [0, 0.1) is 0 Å². The summed E-state index contributed by atoms with van der Waals surface area (Å²) in [6, 6.07) is 6.58. The van der Waals surface area contributed by atoms with E-state index in [1.807, 2.05) is 24.4 Å². The zero-order valence-corrected chi connectivity index (χ0v) is 12.4. The summed E-state index contributed by atoms with van der Waals surface area (Å²) in [5.74, 6) is 0. The van der Waals surface area contributed by atoms with Gasteiger partial charge in [-0.25, -0.2) is 4.98 Å². The monoisotopic (exact) mass is 296 g/mol. The third-order valence-electron chi connectivity index (χ3n) is 3.23. The number of hydrogen-bond donors (Lipinski definition) is 1. The van der Waals surface area contributed by atoms with Gasteiger partial charge in [0.15, 0.2) is 0 Å². The first kappa shape index (κ1) is 14.4. The molecule has 1 fully saturated rings. The van der Waals surface area contributed by atoms with Crippen LogP contribution in [0.2, 0.25) is 0 Å². The van der Waals surface area contributed by atoms with Gasteiger partial charge >= 0.3 is 0 Å². The van der Waals surface area contributed by atoms with Crippen LogP contribution in [0.15, 0.2) is 29.8 Å². The molecule has 0 spiro atoms. The predicted octanol–water partition coefficient (Wildman–Crippen LogP) is 2.03. The van der Waals surface area contributed by atoms with Crippen molar-refractivity contribution in [2.24, 2.45) is 0 Å². The summed E-state index contributed by atoms with van der Waals surface area (Å²) in [6.45, 7) is 3.09. The summed E-state index contributed by atoms with van der Waals surface area (Å²) in [6.07, 6.45) is 1.81. The summed E-state index contributed by atoms with van der Waals surface area (Å²) >= 11 is 1.67. The van der Waals surface area contributed by atoms with Crippen LogP contribution in [0.5, 0.6) is 0 Å². The van der Waals surface area contributed by atoms with Gasteiger partial charge in [-0.15, -0.1) is 23.7 Å². The van der Waals surface area contributed by atoms with E-state index in [1.165, 1.54) is 0 Å². The van der Waals surface area contributed by atoms with Crippen LogP contribution in [0.25, 0.3) is 10.7 Å². The first-order valence-corrected chi connectivity index (χ1v) is 6.97. The molecule has 102 valence electrons. The molecule has 0 aromatic carbocycles. The molecule has 2 aromatic heterocycles. The lowest BCUT2D eigenvalue weighted by molar-refractivity contribution is 0.171. The number of nitrogens with one attached hydrogen (secondary N) is 1. The molecule has 0 unspecified atom stereocenters. The number of thiazole rings is 1. The molecule has 1 N–H and O–H groups in total. The highest BCUT2D eigenvalue weighted by Crippen LogP contribution is 2.22. The maximum atomic E-state index is 4.66. The van der Waals surface area contributed by atoms with E-state index >= 15 is 0 Å². The molecule has 0 atom stereocenters. The van der Waals surface area contributed by atoms with Gasteiger partial charge in [0.1, 0.15) is 5.01 Å². The van der Waals surface area contributed by atoms with E-state index in [9.17, 15) is 0 Å². The van der Waals surface area contributed by atoms with Gasteiger partial charge in [0.2, 0.25) is 0 Å². The Morgan fingerprint density at radius 2 is 2.26 bits per heavy atom. The SMILES string of the molecule is CN(Cc1csc(-c2ccccn2)n1)C1CNC1.Cl. The largest absolute Gasteiger partial charge is 0.314 e. The van der Waals surface area contributed by atoms with Crippen molar-refractivity contribution in [3.05, 3.63) is 35.5 Å². The van der Waals surface area contributed by atoms with Gasteiger partial charge in [0.05, 0.1) is 11.4 Å². The van der Waals surface area contributed by atoms with Crippen LogP contribution < -0.4 is 5.32 Å². The summed E-state index contributed by atoms with van der Waals surface area (Å²) in [5.41, 5.74) is 2.09. The Hall–Kier alpha value is -1.01. The van der Waals surface area contributed by atoms with Crippen LogP contribution in [0.3, 0.4) is 0 Å². The third-order valence-corrected chi connectivity index (χ3v) is 4.14. The summed E-state index contributed by atoms with van der Waals surface area (Å²) in [7, 11) is 2.16. The number of hydrogen-bond acceptors (Lipinski definition) is 5. The van der Waals surface area contributed by atoms with Gasteiger partial charge in [-0.3, -0.25) is 9.88 Å². The fraction of sp³-hybridized carbons (Fsp3) is 0.385. The second-order valence-corrected chi connectivity index (χ2v) is 5.44. The molecule has 3 rings (SSSR count). The highest BCUT2D eigenvalue weighted by Gasteiger charge is 2.21. The van der Waals surface area contributed by atoms with Crippen molar-refractivity contribution in [1.29, 1.82) is 0 Å². The number of likely N-dealkylation sites (N-methyl/N-ethyl adjacent to an activating group) is 1. The zero-order chi connectivity index (χ0) is 12.4. The second kappa shape index (κ2) is 6.43. The summed E-state index contributed by atoms with van der Waals surface area (Å²) in [5, 5.41) is 6.43. The molecule has 1 aliphatic heterocycles. The molecule has 0 radical (unpaired) electrons. The first-order chi connectivity index (χ1) is 8.83. The fourth-order valence-corrected chi connectivity index (χ4v) is 2.74. The second-order valence-electron chi connectivity index (χ2n) is 4.59. The maximum Gasteiger partial charge on any atom is 0.142 e. The number of halogens is 1. The zero-order valence-electron chi connectivity index (χ0n) is 10.7. The molecule has 3 heterocycles. The number of pyridine rings is 1. The highest BCUT2D eigenvalue weighted by molar-refractivity contribution is 7.13. The molecular formula is C13H17ClN4S. The molecule has 1 saturated heterocycles. The molecule has 1 aliphatic rings. The van der Waals surface area contributed by atoms with E-state index < -0.39 is 0 Å². The summed E-state index contributed by atoms with van der Waals surface area (Å²) < 4.78 is 0. The Kier molecular flexibility index (Phi) is 4.87. The van der Waals surface area contributed by atoms with Crippen molar-refractivity contribution in [3.63, 3.8) is 0 Å². The minimum Gasteiger partial charge on any atom is -0.314 e. The minimum absolute atomic E-state index is 0. The lowest BCUT2D eigenvalue weighted by Gasteiger charge is -2.35. The Morgan fingerprint density at radius 3 is 2.89 bits per heavy atom. The van der Waals surface area contributed by atoms with Gasteiger partial charge in [-0.1, -0.05) is 6.07 Å². The number of nitrogens with zero attached hydrogens (tertiary/aromatic N) is 3. The minimum atomic E-state index is 0. The van der Waals surface area contributed by atoms with E-state index in [-0.39, 0.29) is 12.4 Å². The lowest BCUT2D eigenvalue weighted by atomic mass is 10.1. The highest BCUT2D eigenvalue weighted by atomic mass is 35.5. The third kappa shape index (κ3) is 3.30. The summed E-state index contributed by atoms with van der Waals surface area (Å²) in [4.78, 5) is 11.3. The molecule has 0 saturated carbocycles. The topological polar surface area (TPSA) is 41.1 Å². The van der Waals surface area contributed by atoms with E-state index in [0.29, 0.717) is 6.04 Å². The molecule has 6 heteroatoms. The predicted molar refractivity (Wildman–Crippen MR) is 80.7 cm³/mol. The molecule has 0 aliphatic carbocycles. The van der Waals surface area contributed by atoms with Gasteiger partial charge in [0.25, 0.3) is 0 Å². The van der Waals surface area contributed by atoms with E-state index in [1.54, 1.807) is 11.3 Å². The van der Waals surface area contributed by atoms with E-state index in [4.69, 9.17) is 0 Å². The fourth-order valence-electron chi connectivity index (χ4n) is 1.96. The Bertz CT molecular complexity index is 512. The van der Waals surface area contributed by atoms with Crippen molar-refractivity contribution < 1.29 is 0 Å². The lowest BCUT2D eigenvalue weighted by Crippen LogP contribution is -2.55. The number of aromatic nitrogens is 2. The van der Waals surface area contributed by atoms with Crippen molar-refractivity contribution in [3.8, 4) is 10.7 Å². The van der Waals surface area contributed by atoms with Gasteiger partial charge < -0.3 is 5.32 Å².